The lowest BCUT2D eigenvalue weighted by Crippen LogP contribution is -3.14. The number of benzene rings is 2. The van der Waals surface area contributed by atoms with E-state index in [1.807, 2.05) is 24.3 Å². The first-order valence-electron chi connectivity index (χ1n) is 10.1. The van der Waals surface area contributed by atoms with Crippen molar-refractivity contribution in [1.29, 1.82) is 0 Å². The Morgan fingerprint density at radius 3 is 2.48 bits per heavy atom. The molecule has 1 aliphatic rings. The van der Waals surface area contributed by atoms with E-state index >= 15 is 0 Å². The second-order valence-electron chi connectivity index (χ2n) is 7.41. The molecule has 2 aromatic carbocycles. The van der Waals surface area contributed by atoms with Crippen molar-refractivity contribution >= 4 is 28.1 Å². The maximum Gasteiger partial charge on any atom is 0.272 e. The standard InChI is InChI=1S/C22H25N5O2/c1-2-26-11-13-27(14-12-26)17-9-7-16(8-10-17)23-21(28)15-20-18-5-3-4-6-19(18)22(29)25-24-20/h3-10H,2,11-15H2,1H3,(H,23,28)(H,25,29)/p+1. The Bertz CT molecular complexity index is 1050. The molecule has 3 N–H and O–H groups in total. The second-order valence-corrected chi connectivity index (χ2v) is 7.41. The van der Waals surface area contributed by atoms with Crippen LogP contribution in [0, 0.1) is 0 Å². The van der Waals surface area contributed by atoms with E-state index in [9.17, 15) is 9.59 Å². The van der Waals surface area contributed by atoms with Crippen molar-refractivity contribution in [3.05, 3.63) is 64.6 Å². The van der Waals surface area contributed by atoms with Gasteiger partial charge in [-0.3, -0.25) is 9.59 Å². The van der Waals surface area contributed by atoms with Crippen molar-refractivity contribution in [1.82, 2.24) is 10.2 Å². The van der Waals surface area contributed by atoms with E-state index in [0.717, 1.165) is 31.9 Å². The van der Waals surface area contributed by atoms with Crippen molar-refractivity contribution in [2.24, 2.45) is 0 Å². The highest BCUT2D eigenvalue weighted by atomic mass is 16.1. The summed E-state index contributed by atoms with van der Waals surface area (Å²) in [5.74, 6) is -0.164. The quantitative estimate of drug-likeness (QED) is 0.601. The normalized spacial score (nSPS) is 14.9. The molecule has 1 fully saturated rings. The average molecular weight is 392 g/mol. The van der Waals surface area contributed by atoms with E-state index in [1.165, 1.54) is 12.2 Å². The van der Waals surface area contributed by atoms with Crippen LogP contribution in [-0.4, -0.2) is 48.8 Å². The molecule has 0 bridgehead atoms. The van der Waals surface area contributed by atoms with E-state index in [0.29, 0.717) is 16.5 Å². The van der Waals surface area contributed by atoms with Gasteiger partial charge in [0.1, 0.15) is 0 Å². The minimum atomic E-state index is -0.248. The third kappa shape index (κ3) is 4.30. The maximum atomic E-state index is 12.5. The molecule has 0 saturated carbocycles. The molecule has 150 valence electrons. The van der Waals surface area contributed by atoms with Crippen molar-refractivity contribution < 1.29 is 9.69 Å². The van der Waals surface area contributed by atoms with E-state index in [-0.39, 0.29) is 17.9 Å². The van der Waals surface area contributed by atoms with Gasteiger partial charge < -0.3 is 15.1 Å². The van der Waals surface area contributed by atoms with Gasteiger partial charge in [0.05, 0.1) is 50.2 Å². The van der Waals surface area contributed by atoms with Gasteiger partial charge in [-0.1, -0.05) is 18.2 Å². The van der Waals surface area contributed by atoms with Crippen LogP contribution in [0.2, 0.25) is 0 Å². The summed E-state index contributed by atoms with van der Waals surface area (Å²) in [5, 5.41) is 10.7. The minimum absolute atomic E-state index is 0.0980. The fourth-order valence-electron chi connectivity index (χ4n) is 3.85. The summed E-state index contributed by atoms with van der Waals surface area (Å²) in [6.45, 7) is 7.84. The molecule has 1 amide bonds. The third-order valence-electron chi connectivity index (χ3n) is 5.59. The minimum Gasteiger partial charge on any atom is -0.360 e. The zero-order chi connectivity index (χ0) is 20.2. The van der Waals surface area contributed by atoms with Crippen LogP contribution in [0.3, 0.4) is 0 Å². The summed E-state index contributed by atoms with van der Waals surface area (Å²) in [7, 11) is 0. The number of rotatable bonds is 5. The molecule has 0 atom stereocenters. The van der Waals surface area contributed by atoms with Gasteiger partial charge in [-0.2, -0.15) is 5.10 Å². The molecule has 0 spiro atoms. The summed E-state index contributed by atoms with van der Waals surface area (Å²) in [4.78, 5) is 28.4. The van der Waals surface area contributed by atoms with Gasteiger partial charge in [0.2, 0.25) is 5.91 Å². The number of carbonyl (C=O) groups is 1. The fourth-order valence-corrected chi connectivity index (χ4v) is 3.85. The molecule has 29 heavy (non-hydrogen) atoms. The monoisotopic (exact) mass is 392 g/mol. The number of nitrogens with zero attached hydrogens (tertiary/aromatic N) is 2. The number of likely N-dealkylation sites (N-methyl/N-ethyl adjacent to an activating group) is 1. The molecule has 0 aliphatic carbocycles. The Labute approximate surface area is 169 Å². The molecule has 1 saturated heterocycles. The van der Waals surface area contributed by atoms with Gasteiger partial charge in [-0.05, 0) is 37.3 Å². The first-order valence-corrected chi connectivity index (χ1v) is 10.1. The predicted octanol–water partition coefficient (Wildman–Crippen LogP) is 0.829. The average Bonchev–Trinajstić information content (AvgIpc) is 2.76. The van der Waals surface area contributed by atoms with Crippen LogP contribution >= 0.6 is 0 Å². The van der Waals surface area contributed by atoms with E-state index in [1.54, 1.807) is 17.0 Å². The summed E-state index contributed by atoms with van der Waals surface area (Å²) >= 11 is 0. The first kappa shape index (κ1) is 19.1. The number of carbonyl (C=O) groups excluding carboxylic acids is 1. The number of H-pyrrole nitrogens is 1. The fraction of sp³-hybridized carbons (Fsp3) is 0.318. The number of anilines is 2. The van der Waals surface area contributed by atoms with Crippen LogP contribution in [0.25, 0.3) is 10.8 Å². The molecule has 1 aromatic heterocycles. The molecule has 3 aromatic rings. The number of nitrogens with one attached hydrogen (secondary N) is 3. The van der Waals surface area contributed by atoms with Crippen LogP contribution < -0.4 is 20.7 Å². The number of quaternary nitrogens is 1. The molecule has 7 nitrogen and oxygen atoms in total. The Morgan fingerprint density at radius 2 is 1.79 bits per heavy atom. The topological polar surface area (TPSA) is 82.5 Å². The number of hydrogen-bond donors (Lipinski definition) is 3. The van der Waals surface area contributed by atoms with E-state index in [4.69, 9.17) is 0 Å². The summed E-state index contributed by atoms with van der Waals surface area (Å²) < 4.78 is 0. The van der Waals surface area contributed by atoms with Crippen LogP contribution in [0.15, 0.2) is 53.3 Å². The maximum absolute atomic E-state index is 12.5. The largest absolute Gasteiger partial charge is 0.360 e. The van der Waals surface area contributed by atoms with Gasteiger partial charge in [-0.25, -0.2) is 5.10 Å². The van der Waals surface area contributed by atoms with Crippen molar-refractivity contribution in [2.45, 2.75) is 13.3 Å². The summed E-state index contributed by atoms with van der Waals surface area (Å²) in [6, 6.07) is 15.2. The van der Waals surface area contributed by atoms with Gasteiger partial charge in [0.25, 0.3) is 5.56 Å². The molecule has 0 radical (unpaired) electrons. The molecular weight excluding hydrogens is 366 g/mol. The SMILES string of the molecule is CC[NH+]1CCN(c2ccc(NC(=O)Cc3n[nH]c(=O)c4ccccc34)cc2)CC1. The Kier molecular flexibility index (Phi) is 5.57. The van der Waals surface area contributed by atoms with E-state index in [2.05, 4.69) is 39.5 Å². The number of fused-ring (bicyclic) bond motifs is 1. The van der Waals surface area contributed by atoms with Gasteiger partial charge in [0.15, 0.2) is 0 Å². The molecule has 4 rings (SSSR count). The molecule has 2 heterocycles. The molecular formula is C22H26N5O2+. The highest BCUT2D eigenvalue weighted by Gasteiger charge is 2.18. The van der Waals surface area contributed by atoms with Gasteiger partial charge in [0, 0.05) is 16.8 Å². The van der Waals surface area contributed by atoms with E-state index < -0.39 is 0 Å². The second kappa shape index (κ2) is 8.45. The Balaban J connectivity index is 1.41. The number of aromatic nitrogens is 2. The van der Waals surface area contributed by atoms with Crippen molar-refractivity contribution in [3.8, 4) is 0 Å². The summed E-state index contributed by atoms with van der Waals surface area (Å²) in [6.07, 6.45) is 0.0980. The number of piperazine rings is 1. The third-order valence-corrected chi connectivity index (χ3v) is 5.59. The molecule has 1 aliphatic heterocycles. The highest BCUT2D eigenvalue weighted by molar-refractivity contribution is 5.95. The zero-order valence-corrected chi connectivity index (χ0v) is 16.6. The van der Waals surface area contributed by atoms with Crippen LogP contribution in [0.1, 0.15) is 12.6 Å². The van der Waals surface area contributed by atoms with Crippen molar-refractivity contribution in [2.75, 3.05) is 42.9 Å². The lowest BCUT2D eigenvalue weighted by Gasteiger charge is -2.33. The van der Waals surface area contributed by atoms with Crippen molar-refractivity contribution in [3.63, 3.8) is 0 Å². The van der Waals surface area contributed by atoms with Crippen LogP contribution in [-0.2, 0) is 11.2 Å². The Morgan fingerprint density at radius 1 is 1.10 bits per heavy atom. The number of amides is 1. The van der Waals surface area contributed by atoms with Crippen LogP contribution in [0.5, 0.6) is 0 Å². The highest BCUT2D eigenvalue weighted by Crippen LogP contribution is 2.19. The van der Waals surface area contributed by atoms with Gasteiger partial charge >= 0.3 is 0 Å². The lowest BCUT2D eigenvalue weighted by atomic mass is 10.1. The number of aromatic amines is 1. The Hall–Kier alpha value is -3.19. The number of hydrogen-bond acceptors (Lipinski definition) is 4. The summed E-state index contributed by atoms with van der Waals surface area (Å²) in [5.41, 5.74) is 2.25. The van der Waals surface area contributed by atoms with Crippen LogP contribution in [0.4, 0.5) is 11.4 Å². The van der Waals surface area contributed by atoms with Gasteiger partial charge in [-0.15, -0.1) is 0 Å². The lowest BCUT2D eigenvalue weighted by molar-refractivity contribution is -0.898. The molecule has 7 heteroatoms. The zero-order valence-electron chi connectivity index (χ0n) is 16.6. The first-order chi connectivity index (χ1) is 14.1. The predicted molar refractivity (Wildman–Crippen MR) is 115 cm³/mol. The molecule has 0 unspecified atom stereocenters. The smallest absolute Gasteiger partial charge is 0.272 e.